The number of carboxylic acids is 1. The zero-order valence-electron chi connectivity index (χ0n) is 10.0. The molecule has 2 unspecified atom stereocenters. The quantitative estimate of drug-likeness (QED) is 0.658. The Morgan fingerprint density at radius 3 is 2.65 bits per heavy atom. The molecule has 100 valence electrons. The van der Waals surface area contributed by atoms with Crippen LogP contribution in [0.4, 0.5) is 0 Å². The summed E-state index contributed by atoms with van der Waals surface area (Å²) in [6.07, 6.45) is 1.60. The molecule has 0 aromatic rings. The molecule has 0 amide bonds. The number of aliphatic carboxylic acids is 1. The van der Waals surface area contributed by atoms with E-state index in [4.69, 9.17) is 10.8 Å². The largest absolute Gasteiger partial charge is 0.480 e. The Morgan fingerprint density at radius 2 is 2.24 bits per heavy atom. The van der Waals surface area contributed by atoms with Crippen LogP contribution in [0.3, 0.4) is 0 Å². The second kappa shape index (κ2) is 5.79. The van der Waals surface area contributed by atoms with Crippen LogP contribution in [-0.2, 0) is 14.6 Å². The minimum Gasteiger partial charge on any atom is -0.480 e. The first-order valence-electron chi connectivity index (χ1n) is 5.72. The summed E-state index contributed by atoms with van der Waals surface area (Å²) in [7, 11) is -1.30. The molecule has 0 aromatic carbocycles. The Hall–Kier alpha value is -0.660. The number of nitrogens with zero attached hydrogens (tertiary/aromatic N) is 1. The third-order valence-corrected chi connectivity index (χ3v) is 4.99. The Balaban J connectivity index is 2.65. The second-order valence-electron chi connectivity index (χ2n) is 4.51. The molecule has 0 saturated carbocycles. The molecule has 7 heteroatoms. The van der Waals surface area contributed by atoms with Crippen molar-refractivity contribution in [1.82, 2.24) is 4.90 Å². The maximum Gasteiger partial charge on any atom is 0.320 e. The zero-order valence-corrected chi connectivity index (χ0v) is 10.8. The summed E-state index contributed by atoms with van der Waals surface area (Å²) >= 11 is 0. The summed E-state index contributed by atoms with van der Waals surface area (Å²) < 4.78 is 22.7. The van der Waals surface area contributed by atoms with Gasteiger partial charge in [-0.15, -0.1) is 0 Å². The Morgan fingerprint density at radius 1 is 1.59 bits per heavy atom. The molecule has 1 heterocycles. The van der Waals surface area contributed by atoms with Gasteiger partial charge in [-0.05, 0) is 32.9 Å². The number of nitrogens with two attached hydrogens (primary N) is 1. The topological polar surface area (TPSA) is 101 Å². The van der Waals surface area contributed by atoms with Gasteiger partial charge < -0.3 is 10.8 Å². The highest BCUT2D eigenvalue weighted by Crippen LogP contribution is 2.20. The highest BCUT2D eigenvalue weighted by atomic mass is 32.2. The van der Waals surface area contributed by atoms with Gasteiger partial charge in [-0.25, -0.2) is 8.42 Å². The van der Waals surface area contributed by atoms with Gasteiger partial charge in [0.1, 0.15) is 6.04 Å². The molecule has 3 N–H and O–H groups in total. The normalized spacial score (nSPS) is 25.0. The minimum atomic E-state index is -2.98. The van der Waals surface area contributed by atoms with Crippen molar-refractivity contribution < 1.29 is 18.3 Å². The second-order valence-corrected chi connectivity index (χ2v) is 6.74. The molecule has 1 aliphatic rings. The summed E-state index contributed by atoms with van der Waals surface area (Å²) in [5, 5.41) is 9.13. The summed E-state index contributed by atoms with van der Waals surface area (Å²) in [6, 6.07) is -0.823. The Bertz CT molecular complexity index is 369. The van der Waals surface area contributed by atoms with Crippen LogP contribution in [0.1, 0.15) is 19.3 Å². The van der Waals surface area contributed by atoms with Crippen molar-refractivity contribution in [3.8, 4) is 0 Å². The molecule has 0 spiro atoms. The van der Waals surface area contributed by atoms with E-state index in [-0.39, 0.29) is 17.5 Å². The molecule has 0 aliphatic carbocycles. The van der Waals surface area contributed by atoms with Crippen molar-refractivity contribution in [2.75, 3.05) is 25.1 Å². The van der Waals surface area contributed by atoms with Gasteiger partial charge in [0.2, 0.25) is 0 Å². The third-order valence-electron chi connectivity index (χ3n) is 3.24. The lowest BCUT2D eigenvalue weighted by molar-refractivity contribution is -0.143. The third kappa shape index (κ3) is 3.93. The maximum atomic E-state index is 11.4. The number of hydrogen-bond acceptors (Lipinski definition) is 5. The van der Waals surface area contributed by atoms with Crippen LogP contribution in [0.15, 0.2) is 0 Å². The number of hydrogen-bond donors (Lipinski definition) is 2. The van der Waals surface area contributed by atoms with Gasteiger partial charge in [-0.3, -0.25) is 9.69 Å². The highest BCUT2D eigenvalue weighted by molar-refractivity contribution is 7.91. The van der Waals surface area contributed by atoms with E-state index in [9.17, 15) is 13.2 Å². The van der Waals surface area contributed by atoms with Crippen LogP contribution in [0, 0.1) is 0 Å². The van der Waals surface area contributed by atoms with E-state index in [1.54, 1.807) is 11.9 Å². The first-order chi connectivity index (χ1) is 7.87. The van der Waals surface area contributed by atoms with Gasteiger partial charge in [0.25, 0.3) is 0 Å². The van der Waals surface area contributed by atoms with E-state index < -0.39 is 21.8 Å². The fourth-order valence-corrected chi connectivity index (χ4v) is 3.95. The van der Waals surface area contributed by atoms with E-state index in [1.165, 1.54) is 0 Å². The molecule has 1 aliphatic heterocycles. The summed E-state index contributed by atoms with van der Waals surface area (Å²) in [6.45, 7) is 0.445. The molecule has 1 rings (SSSR count). The predicted octanol–water partition coefficient (Wildman–Crippen LogP) is -0.703. The minimum absolute atomic E-state index is 0.0654. The first-order valence-corrected chi connectivity index (χ1v) is 7.55. The number of carboxylic acid groups (broad SMARTS) is 1. The SMILES string of the molecule is CN(C1CCS(=O)(=O)C1)C(CCCN)C(=O)O. The van der Waals surface area contributed by atoms with E-state index in [0.29, 0.717) is 25.8 Å². The average Bonchev–Trinajstić information content (AvgIpc) is 2.58. The Labute approximate surface area is 102 Å². The van der Waals surface area contributed by atoms with Crippen LogP contribution in [0.25, 0.3) is 0 Å². The van der Waals surface area contributed by atoms with Crippen molar-refractivity contribution in [2.45, 2.75) is 31.3 Å². The van der Waals surface area contributed by atoms with Gasteiger partial charge in [0, 0.05) is 6.04 Å². The van der Waals surface area contributed by atoms with Crippen molar-refractivity contribution in [2.24, 2.45) is 5.73 Å². The van der Waals surface area contributed by atoms with E-state index in [2.05, 4.69) is 0 Å². The van der Waals surface area contributed by atoms with E-state index in [1.807, 2.05) is 0 Å². The maximum absolute atomic E-state index is 11.4. The van der Waals surface area contributed by atoms with Crippen molar-refractivity contribution in [3.05, 3.63) is 0 Å². The van der Waals surface area contributed by atoms with E-state index in [0.717, 1.165) is 0 Å². The number of likely N-dealkylation sites (N-methyl/N-ethyl adjacent to an activating group) is 1. The fourth-order valence-electron chi connectivity index (χ4n) is 2.16. The van der Waals surface area contributed by atoms with Crippen LogP contribution in [0.5, 0.6) is 0 Å². The molecule has 0 aromatic heterocycles. The lowest BCUT2D eigenvalue weighted by Crippen LogP contribution is -2.45. The van der Waals surface area contributed by atoms with Gasteiger partial charge in [0.15, 0.2) is 9.84 Å². The van der Waals surface area contributed by atoms with Crippen molar-refractivity contribution in [3.63, 3.8) is 0 Å². The van der Waals surface area contributed by atoms with Gasteiger partial charge in [0.05, 0.1) is 11.5 Å². The standard InChI is InChI=1S/C10H20N2O4S/c1-12(8-4-6-17(15,16)7-8)9(10(13)14)3-2-5-11/h8-9H,2-7,11H2,1H3,(H,13,14). The van der Waals surface area contributed by atoms with Crippen LogP contribution in [0.2, 0.25) is 0 Å². The zero-order chi connectivity index (χ0) is 13.1. The summed E-state index contributed by atoms with van der Waals surface area (Å²) in [4.78, 5) is 12.8. The number of carbonyl (C=O) groups is 1. The molecule has 17 heavy (non-hydrogen) atoms. The lowest BCUT2D eigenvalue weighted by atomic mass is 10.1. The molecule has 0 radical (unpaired) electrons. The van der Waals surface area contributed by atoms with Crippen LogP contribution < -0.4 is 5.73 Å². The monoisotopic (exact) mass is 264 g/mol. The lowest BCUT2D eigenvalue weighted by Gasteiger charge is -2.29. The van der Waals surface area contributed by atoms with Crippen LogP contribution >= 0.6 is 0 Å². The number of rotatable bonds is 6. The van der Waals surface area contributed by atoms with Crippen molar-refractivity contribution >= 4 is 15.8 Å². The van der Waals surface area contributed by atoms with Crippen LogP contribution in [-0.4, -0.2) is 61.6 Å². The number of sulfone groups is 1. The van der Waals surface area contributed by atoms with Gasteiger partial charge in [-0.1, -0.05) is 0 Å². The molecule has 1 saturated heterocycles. The molecule has 6 nitrogen and oxygen atoms in total. The van der Waals surface area contributed by atoms with E-state index >= 15 is 0 Å². The highest BCUT2D eigenvalue weighted by Gasteiger charge is 2.35. The molecule has 1 fully saturated rings. The Kier molecular flexibility index (Phi) is 4.91. The van der Waals surface area contributed by atoms with Gasteiger partial charge >= 0.3 is 5.97 Å². The van der Waals surface area contributed by atoms with Gasteiger partial charge in [-0.2, -0.15) is 0 Å². The summed E-state index contributed by atoms with van der Waals surface area (Å²) in [5.74, 6) is -0.688. The molecular weight excluding hydrogens is 244 g/mol. The first kappa shape index (κ1) is 14.4. The predicted molar refractivity (Wildman–Crippen MR) is 64.5 cm³/mol. The van der Waals surface area contributed by atoms with Crippen molar-refractivity contribution in [1.29, 1.82) is 0 Å². The molecule has 0 bridgehead atoms. The average molecular weight is 264 g/mol. The summed E-state index contributed by atoms with van der Waals surface area (Å²) in [5.41, 5.74) is 5.37. The smallest absolute Gasteiger partial charge is 0.320 e. The fraction of sp³-hybridized carbons (Fsp3) is 0.900. The molecule has 2 atom stereocenters. The molecular formula is C10H20N2O4S.